The lowest BCUT2D eigenvalue weighted by Gasteiger charge is -2.19. The molecule has 0 bridgehead atoms. The second kappa shape index (κ2) is 7.72. The second-order valence-corrected chi connectivity index (χ2v) is 4.51. The number of aliphatic hydroxyl groups excluding tert-OH is 1. The molecule has 0 aromatic heterocycles. The Kier molecular flexibility index (Phi) is 6.27. The lowest BCUT2D eigenvalue weighted by molar-refractivity contribution is -0.147. The summed E-state index contributed by atoms with van der Waals surface area (Å²) in [6, 6.07) is 4.73. The summed E-state index contributed by atoms with van der Waals surface area (Å²) in [4.78, 5) is 23.3. The summed E-state index contributed by atoms with van der Waals surface area (Å²) in [5.41, 5.74) is 0.514. The van der Waals surface area contributed by atoms with Crippen molar-refractivity contribution in [3.8, 4) is 0 Å². The Labute approximate surface area is 122 Å². The van der Waals surface area contributed by atoms with Crippen LogP contribution < -0.4 is 10.6 Å². The molecule has 3 N–H and O–H groups in total. The number of hydrogen-bond acceptors (Lipinski definition) is 4. The topological polar surface area (TPSA) is 87.7 Å². The molecular formula is C13H17ClN2O4. The molecule has 0 saturated heterocycles. The van der Waals surface area contributed by atoms with Gasteiger partial charge in [-0.25, -0.2) is 9.59 Å². The maximum absolute atomic E-state index is 11.7. The van der Waals surface area contributed by atoms with Gasteiger partial charge < -0.3 is 20.5 Å². The quantitative estimate of drug-likeness (QED) is 0.723. The molecule has 1 rings (SSSR count). The minimum atomic E-state index is -1.12. The normalized spacial score (nSPS) is 13.2. The zero-order valence-corrected chi connectivity index (χ0v) is 12.0. The van der Waals surface area contributed by atoms with Crippen LogP contribution in [0.25, 0.3) is 0 Å². The molecule has 110 valence electrons. The molecule has 6 nitrogen and oxygen atoms in total. The Hall–Kier alpha value is -1.79. The van der Waals surface area contributed by atoms with Crippen LogP contribution >= 0.6 is 11.6 Å². The first-order valence-electron chi connectivity index (χ1n) is 6.11. The molecule has 1 aromatic rings. The monoisotopic (exact) mass is 300 g/mol. The van der Waals surface area contributed by atoms with E-state index in [2.05, 4.69) is 10.6 Å². The molecule has 0 heterocycles. The number of esters is 1. The molecule has 2 atom stereocenters. The predicted octanol–water partition coefficient (Wildman–Crippen LogP) is 1.77. The fourth-order valence-electron chi connectivity index (χ4n) is 1.45. The summed E-state index contributed by atoms with van der Waals surface area (Å²) < 4.78 is 4.77. The standard InChI is InChI=1S/C13H17ClN2O4/c1-3-20-12(18)11(8(2)17)16-13(19)15-10-6-4-9(14)5-7-10/h4-8,11,17H,3H2,1-2H3,(H2,15,16,19). The Bertz CT molecular complexity index is 462. The van der Waals surface area contributed by atoms with Crippen LogP contribution in [0, 0.1) is 0 Å². The summed E-state index contributed by atoms with van der Waals surface area (Å²) >= 11 is 5.73. The first-order chi connectivity index (χ1) is 9.43. The van der Waals surface area contributed by atoms with Gasteiger partial charge in [0.25, 0.3) is 0 Å². The van der Waals surface area contributed by atoms with Crippen LogP contribution in [0.5, 0.6) is 0 Å². The third-order valence-corrected chi connectivity index (χ3v) is 2.66. The third kappa shape index (κ3) is 5.07. The number of amides is 2. The number of rotatable bonds is 5. The van der Waals surface area contributed by atoms with Crippen molar-refractivity contribution < 1.29 is 19.4 Å². The molecule has 2 unspecified atom stereocenters. The molecule has 0 radical (unpaired) electrons. The van der Waals surface area contributed by atoms with Crippen LogP contribution in [0.15, 0.2) is 24.3 Å². The van der Waals surface area contributed by atoms with Gasteiger partial charge in [-0.2, -0.15) is 0 Å². The number of anilines is 1. The van der Waals surface area contributed by atoms with Gasteiger partial charge in [0, 0.05) is 10.7 Å². The lowest BCUT2D eigenvalue weighted by Crippen LogP contribution is -2.49. The highest BCUT2D eigenvalue weighted by atomic mass is 35.5. The Balaban J connectivity index is 2.62. The molecule has 0 aliphatic carbocycles. The molecule has 0 saturated carbocycles. The van der Waals surface area contributed by atoms with E-state index < -0.39 is 24.1 Å². The molecule has 0 fully saturated rings. The largest absolute Gasteiger partial charge is 0.464 e. The van der Waals surface area contributed by atoms with E-state index in [4.69, 9.17) is 16.3 Å². The van der Waals surface area contributed by atoms with Gasteiger partial charge >= 0.3 is 12.0 Å². The van der Waals surface area contributed by atoms with Crippen molar-refractivity contribution in [2.24, 2.45) is 0 Å². The number of carbonyl (C=O) groups excluding carboxylic acids is 2. The maximum atomic E-state index is 11.7. The van der Waals surface area contributed by atoms with Gasteiger partial charge in [0.2, 0.25) is 0 Å². The van der Waals surface area contributed by atoms with E-state index >= 15 is 0 Å². The summed E-state index contributed by atoms with van der Waals surface area (Å²) in [5.74, 6) is -0.686. The fourth-order valence-corrected chi connectivity index (χ4v) is 1.58. The molecule has 20 heavy (non-hydrogen) atoms. The summed E-state index contributed by atoms with van der Waals surface area (Å²) in [6.45, 7) is 3.21. The highest BCUT2D eigenvalue weighted by molar-refractivity contribution is 6.30. The van der Waals surface area contributed by atoms with Gasteiger partial charge in [0.1, 0.15) is 0 Å². The summed E-state index contributed by atoms with van der Waals surface area (Å²) in [6.07, 6.45) is -1.06. The van der Waals surface area contributed by atoms with E-state index in [0.717, 1.165) is 0 Å². The Morgan fingerprint density at radius 2 is 1.95 bits per heavy atom. The van der Waals surface area contributed by atoms with E-state index in [1.165, 1.54) is 6.92 Å². The number of nitrogens with one attached hydrogen (secondary N) is 2. The highest BCUT2D eigenvalue weighted by Crippen LogP contribution is 2.13. The van der Waals surface area contributed by atoms with Crippen molar-refractivity contribution in [3.63, 3.8) is 0 Å². The number of hydrogen-bond donors (Lipinski definition) is 3. The van der Waals surface area contributed by atoms with Gasteiger partial charge in [-0.3, -0.25) is 0 Å². The van der Waals surface area contributed by atoms with Crippen LogP contribution in [0.2, 0.25) is 5.02 Å². The average molecular weight is 301 g/mol. The van der Waals surface area contributed by atoms with Crippen molar-refractivity contribution in [2.45, 2.75) is 26.0 Å². The SMILES string of the molecule is CCOC(=O)C(NC(=O)Nc1ccc(Cl)cc1)C(C)O. The molecule has 0 aliphatic rings. The van der Waals surface area contributed by atoms with Crippen LogP contribution in [-0.2, 0) is 9.53 Å². The van der Waals surface area contributed by atoms with E-state index in [1.54, 1.807) is 31.2 Å². The predicted molar refractivity (Wildman–Crippen MR) is 75.7 cm³/mol. The smallest absolute Gasteiger partial charge is 0.331 e. The van der Waals surface area contributed by atoms with E-state index in [0.29, 0.717) is 10.7 Å². The zero-order valence-electron chi connectivity index (χ0n) is 11.2. The number of halogens is 1. The molecule has 7 heteroatoms. The highest BCUT2D eigenvalue weighted by Gasteiger charge is 2.26. The molecule has 1 aromatic carbocycles. The number of carbonyl (C=O) groups is 2. The Morgan fingerprint density at radius 3 is 2.45 bits per heavy atom. The Morgan fingerprint density at radius 1 is 1.35 bits per heavy atom. The van der Waals surface area contributed by atoms with E-state index in [9.17, 15) is 14.7 Å². The van der Waals surface area contributed by atoms with Crippen LogP contribution in [0.3, 0.4) is 0 Å². The molecule has 0 aliphatic heterocycles. The van der Waals surface area contributed by atoms with Crippen LogP contribution in [0.4, 0.5) is 10.5 Å². The van der Waals surface area contributed by atoms with Gasteiger partial charge in [-0.05, 0) is 38.1 Å². The fraction of sp³-hybridized carbons (Fsp3) is 0.385. The second-order valence-electron chi connectivity index (χ2n) is 4.08. The van der Waals surface area contributed by atoms with Gasteiger partial charge in [0.15, 0.2) is 6.04 Å². The first kappa shape index (κ1) is 16.3. The van der Waals surface area contributed by atoms with Gasteiger partial charge in [-0.15, -0.1) is 0 Å². The first-order valence-corrected chi connectivity index (χ1v) is 6.49. The third-order valence-electron chi connectivity index (χ3n) is 2.41. The number of benzene rings is 1. The summed E-state index contributed by atoms with van der Waals surface area (Å²) in [5, 5.41) is 14.9. The van der Waals surface area contributed by atoms with E-state index in [1.807, 2.05) is 0 Å². The minimum absolute atomic E-state index is 0.169. The zero-order chi connectivity index (χ0) is 15.1. The van der Waals surface area contributed by atoms with Crippen molar-refractivity contribution in [2.75, 3.05) is 11.9 Å². The van der Waals surface area contributed by atoms with Gasteiger partial charge in [-0.1, -0.05) is 11.6 Å². The van der Waals surface area contributed by atoms with Crippen molar-refractivity contribution in [1.29, 1.82) is 0 Å². The van der Waals surface area contributed by atoms with Crippen molar-refractivity contribution in [1.82, 2.24) is 5.32 Å². The van der Waals surface area contributed by atoms with Crippen LogP contribution in [-0.4, -0.2) is 35.9 Å². The lowest BCUT2D eigenvalue weighted by atomic mass is 10.2. The number of urea groups is 1. The van der Waals surface area contributed by atoms with Crippen LogP contribution in [0.1, 0.15) is 13.8 Å². The average Bonchev–Trinajstić information content (AvgIpc) is 2.38. The van der Waals surface area contributed by atoms with Gasteiger partial charge in [0.05, 0.1) is 12.7 Å². The minimum Gasteiger partial charge on any atom is -0.464 e. The van der Waals surface area contributed by atoms with Crippen molar-refractivity contribution >= 4 is 29.3 Å². The summed E-state index contributed by atoms with van der Waals surface area (Å²) in [7, 11) is 0. The molecular weight excluding hydrogens is 284 g/mol. The maximum Gasteiger partial charge on any atom is 0.331 e. The molecule has 2 amide bonds. The van der Waals surface area contributed by atoms with E-state index in [-0.39, 0.29) is 6.61 Å². The van der Waals surface area contributed by atoms with Crippen molar-refractivity contribution in [3.05, 3.63) is 29.3 Å². The molecule has 0 spiro atoms. The number of ether oxygens (including phenoxy) is 1. The number of aliphatic hydroxyl groups is 1.